The fraction of sp³-hybridized carbons (Fsp3) is 0.273. The van der Waals surface area contributed by atoms with Gasteiger partial charge in [-0.2, -0.15) is 0 Å². The second-order valence-electron chi connectivity index (χ2n) is 6.89. The van der Waals surface area contributed by atoms with Crippen LogP contribution in [0.1, 0.15) is 27.4 Å². The molecular formula is C22H24N4O4S. The van der Waals surface area contributed by atoms with Crippen molar-refractivity contribution in [2.24, 2.45) is 0 Å². The number of amides is 2. The van der Waals surface area contributed by atoms with Crippen LogP contribution in [0.15, 0.2) is 52.1 Å². The molecule has 0 atom stereocenters. The number of nitrogens with zero attached hydrogens (tertiary/aromatic N) is 3. The molecule has 0 bridgehead atoms. The number of hydrogen-bond donors (Lipinski definition) is 1. The number of rotatable bonds is 8. The van der Waals surface area contributed by atoms with Crippen molar-refractivity contribution in [3.63, 3.8) is 0 Å². The molecule has 2 aromatic heterocycles. The average molecular weight is 441 g/mol. The molecule has 0 fully saturated rings. The molecule has 0 spiro atoms. The van der Waals surface area contributed by atoms with Gasteiger partial charge >= 0.3 is 0 Å². The number of carbonyl (C=O) groups is 2. The van der Waals surface area contributed by atoms with Gasteiger partial charge in [0, 0.05) is 36.3 Å². The molecule has 2 heterocycles. The summed E-state index contributed by atoms with van der Waals surface area (Å²) in [6.45, 7) is 3.64. The van der Waals surface area contributed by atoms with Crippen molar-refractivity contribution in [3.8, 4) is 5.75 Å². The Hall–Kier alpha value is -3.33. The molecule has 3 aromatic rings. The molecule has 0 aliphatic heterocycles. The molecule has 1 aromatic carbocycles. The number of nitrogens with one attached hydrogen (secondary N) is 1. The van der Waals surface area contributed by atoms with Crippen LogP contribution in [-0.2, 0) is 10.5 Å². The van der Waals surface area contributed by atoms with Crippen molar-refractivity contribution in [1.82, 2.24) is 15.0 Å². The zero-order chi connectivity index (χ0) is 22.4. The van der Waals surface area contributed by atoms with Crippen LogP contribution in [0.2, 0.25) is 0 Å². The largest absolute Gasteiger partial charge is 0.497 e. The van der Waals surface area contributed by atoms with E-state index in [0.29, 0.717) is 27.8 Å². The highest BCUT2D eigenvalue weighted by atomic mass is 32.2. The van der Waals surface area contributed by atoms with E-state index in [1.807, 2.05) is 13.8 Å². The van der Waals surface area contributed by atoms with Crippen molar-refractivity contribution in [2.45, 2.75) is 24.6 Å². The van der Waals surface area contributed by atoms with E-state index in [0.717, 1.165) is 17.0 Å². The van der Waals surface area contributed by atoms with Crippen LogP contribution >= 0.6 is 11.8 Å². The van der Waals surface area contributed by atoms with E-state index in [4.69, 9.17) is 9.26 Å². The molecule has 1 N–H and O–H groups in total. The Bertz CT molecular complexity index is 1060. The van der Waals surface area contributed by atoms with Crippen molar-refractivity contribution in [2.75, 3.05) is 26.0 Å². The van der Waals surface area contributed by atoms with Crippen molar-refractivity contribution in [1.29, 1.82) is 0 Å². The number of aromatic nitrogens is 2. The summed E-state index contributed by atoms with van der Waals surface area (Å²) in [5.74, 6) is 1.38. The maximum Gasteiger partial charge on any atom is 0.256 e. The van der Waals surface area contributed by atoms with Gasteiger partial charge in [0.2, 0.25) is 5.91 Å². The van der Waals surface area contributed by atoms with Crippen LogP contribution in [0.3, 0.4) is 0 Å². The minimum Gasteiger partial charge on any atom is -0.497 e. The second-order valence-corrected chi connectivity index (χ2v) is 7.85. The topological polar surface area (TPSA) is 97.6 Å². The SMILES string of the molecule is COc1cccc(NC(=O)CN(C)C(=O)c2cccnc2SCc2c(C)noc2C)c1. The number of carbonyl (C=O) groups excluding carboxylic acids is 2. The summed E-state index contributed by atoms with van der Waals surface area (Å²) in [5, 5.41) is 7.32. The van der Waals surface area contributed by atoms with Crippen molar-refractivity contribution in [3.05, 3.63) is 65.2 Å². The fourth-order valence-corrected chi connectivity index (χ4v) is 4.05. The van der Waals surface area contributed by atoms with E-state index in [9.17, 15) is 9.59 Å². The number of thioether (sulfide) groups is 1. The smallest absolute Gasteiger partial charge is 0.256 e. The van der Waals surface area contributed by atoms with Crippen molar-refractivity contribution >= 4 is 29.3 Å². The highest BCUT2D eigenvalue weighted by molar-refractivity contribution is 7.98. The van der Waals surface area contributed by atoms with Crippen LogP contribution in [0.25, 0.3) is 0 Å². The lowest BCUT2D eigenvalue weighted by Crippen LogP contribution is -2.35. The molecule has 162 valence electrons. The maximum absolute atomic E-state index is 13.0. The number of hydrogen-bond acceptors (Lipinski definition) is 7. The number of ether oxygens (including phenoxy) is 1. The van der Waals surface area contributed by atoms with E-state index in [2.05, 4.69) is 15.5 Å². The number of pyridine rings is 1. The van der Waals surface area contributed by atoms with Gasteiger partial charge in [0.1, 0.15) is 16.5 Å². The van der Waals surface area contributed by atoms with Gasteiger partial charge < -0.3 is 19.5 Å². The Morgan fingerprint density at radius 2 is 2.03 bits per heavy atom. The molecule has 3 rings (SSSR count). The van der Waals surface area contributed by atoms with Crippen LogP contribution < -0.4 is 10.1 Å². The Balaban J connectivity index is 1.65. The summed E-state index contributed by atoms with van der Waals surface area (Å²) in [4.78, 5) is 31.1. The van der Waals surface area contributed by atoms with Crippen LogP contribution in [0.4, 0.5) is 5.69 Å². The first kappa shape index (κ1) is 22.4. The summed E-state index contributed by atoms with van der Waals surface area (Å²) in [6, 6.07) is 10.5. The third-order valence-electron chi connectivity index (χ3n) is 4.62. The average Bonchev–Trinajstić information content (AvgIpc) is 3.09. The van der Waals surface area contributed by atoms with Gasteiger partial charge in [-0.1, -0.05) is 11.2 Å². The van der Waals surface area contributed by atoms with E-state index in [1.54, 1.807) is 56.8 Å². The Morgan fingerprint density at radius 3 is 2.74 bits per heavy atom. The summed E-state index contributed by atoms with van der Waals surface area (Å²) >= 11 is 1.43. The van der Waals surface area contributed by atoms with Gasteiger partial charge in [-0.25, -0.2) is 4.98 Å². The quantitative estimate of drug-likeness (QED) is 0.533. The molecule has 0 radical (unpaired) electrons. The van der Waals surface area contributed by atoms with Crippen LogP contribution in [-0.4, -0.2) is 47.6 Å². The lowest BCUT2D eigenvalue weighted by Gasteiger charge is -2.18. The number of benzene rings is 1. The number of aryl methyl sites for hydroxylation is 2. The van der Waals surface area contributed by atoms with E-state index in [1.165, 1.54) is 16.7 Å². The first-order valence-corrected chi connectivity index (χ1v) is 10.6. The fourth-order valence-electron chi connectivity index (χ4n) is 2.91. The van der Waals surface area contributed by atoms with Gasteiger partial charge in [0.15, 0.2) is 0 Å². The minimum atomic E-state index is -0.307. The molecule has 31 heavy (non-hydrogen) atoms. The van der Waals surface area contributed by atoms with Crippen LogP contribution in [0.5, 0.6) is 5.75 Å². The number of anilines is 1. The normalized spacial score (nSPS) is 10.6. The Labute approximate surface area is 185 Å². The van der Waals surface area contributed by atoms with Gasteiger partial charge in [0.25, 0.3) is 5.91 Å². The third-order valence-corrected chi connectivity index (χ3v) is 5.65. The molecule has 2 amide bonds. The predicted molar refractivity (Wildman–Crippen MR) is 118 cm³/mol. The van der Waals surface area contributed by atoms with Gasteiger partial charge in [0.05, 0.1) is 24.9 Å². The zero-order valence-corrected chi connectivity index (χ0v) is 18.7. The first-order chi connectivity index (χ1) is 14.9. The molecule has 8 nitrogen and oxygen atoms in total. The van der Waals surface area contributed by atoms with Crippen LogP contribution in [0, 0.1) is 13.8 Å². The molecular weight excluding hydrogens is 416 g/mol. The monoisotopic (exact) mass is 440 g/mol. The number of methoxy groups -OCH3 is 1. The lowest BCUT2D eigenvalue weighted by molar-refractivity contribution is -0.116. The Morgan fingerprint density at radius 1 is 1.23 bits per heavy atom. The third kappa shape index (κ3) is 5.64. The highest BCUT2D eigenvalue weighted by Crippen LogP contribution is 2.27. The van der Waals surface area contributed by atoms with Gasteiger partial charge in [-0.15, -0.1) is 11.8 Å². The van der Waals surface area contributed by atoms with E-state index in [-0.39, 0.29) is 18.4 Å². The molecule has 0 aliphatic rings. The molecule has 0 saturated carbocycles. The summed E-state index contributed by atoms with van der Waals surface area (Å²) < 4.78 is 10.4. The van der Waals surface area contributed by atoms with Crippen molar-refractivity contribution < 1.29 is 18.8 Å². The standard InChI is InChI=1S/C22H24N4O4S/c1-14-19(15(2)30-25-14)13-31-21-18(9-6-10-23-21)22(28)26(3)12-20(27)24-16-7-5-8-17(11-16)29-4/h5-11H,12-13H2,1-4H3,(H,24,27). The number of likely N-dealkylation sites (N-methyl/N-ethyl adjacent to an activating group) is 1. The van der Waals surface area contributed by atoms with Gasteiger partial charge in [-0.3, -0.25) is 9.59 Å². The molecule has 0 unspecified atom stereocenters. The summed E-state index contributed by atoms with van der Waals surface area (Å²) in [7, 11) is 3.14. The van der Waals surface area contributed by atoms with E-state index < -0.39 is 0 Å². The zero-order valence-electron chi connectivity index (χ0n) is 17.8. The molecule has 0 saturated heterocycles. The maximum atomic E-state index is 13.0. The second kappa shape index (κ2) is 10.1. The lowest BCUT2D eigenvalue weighted by atomic mass is 10.2. The molecule has 9 heteroatoms. The van der Waals surface area contributed by atoms with E-state index >= 15 is 0 Å². The first-order valence-electron chi connectivity index (χ1n) is 9.58. The predicted octanol–water partition coefficient (Wildman–Crippen LogP) is 3.70. The summed E-state index contributed by atoms with van der Waals surface area (Å²) in [6.07, 6.45) is 1.64. The highest BCUT2D eigenvalue weighted by Gasteiger charge is 2.20. The molecule has 0 aliphatic carbocycles. The summed E-state index contributed by atoms with van der Waals surface area (Å²) in [5.41, 5.74) is 2.85. The minimum absolute atomic E-state index is 0.0983. The Kier molecular flexibility index (Phi) is 7.30. The van der Waals surface area contributed by atoms with Gasteiger partial charge in [-0.05, 0) is 38.1 Å².